The van der Waals surface area contributed by atoms with Gasteiger partial charge in [-0.05, 0) is 43.4 Å². The number of halogens is 2. The maximum atomic E-state index is 12.0. The molecule has 19 heavy (non-hydrogen) atoms. The number of carbonyl (C=O) groups is 1. The quantitative estimate of drug-likeness (QED) is 0.901. The molecule has 1 aliphatic carbocycles. The lowest BCUT2D eigenvalue weighted by Crippen LogP contribution is -2.35. The summed E-state index contributed by atoms with van der Waals surface area (Å²) in [5.74, 6) is 0.184. The van der Waals surface area contributed by atoms with Crippen LogP contribution in [0.25, 0.3) is 0 Å². The molecule has 1 saturated carbocycles. The minimum Gasteiger partial charge on any atom is -0.352 e. The Morgan fingerprint density at radius 3 is 2.58 bits per heavy atom. The number of amides is 1. The van der Waals surface area contributed by atoms with Gasteiger partial charge in [-0.1, -0.05) is 29.3 Å². The number of nitrogens with one attached hydrogen (secondary N) is 1. The van der Waals surface area contributed by atoms with Gasteiger partial charge in [0, 0.05) is 28.5 Å². The molecule has 0 saturated heterocycles. The molecule has 104 valence electrons. The van der Waals surface area contributed by atoms with E-state index in [9.17, 15) is 4.79 Å². The van der Waals surface area contributed by atoms with Crippen molar-refractivity contribution in [3.8, 4) is 0 Å². The predicted molar refractivity (Wildman–Crippen MR) is 78.2 cm³/mol. The highest BCUT2D eigenvalue weighted by atomic mass is 35.5. The van der Waals surface area contributed by atoms with Gasteiger partial charge in [0.25, 0.3) is 0 Å². The third kappa shape index (κ3) is 4.10. The van der Waals surface area contributed by atoms with Crippen molar-refractivity contribution < 1.29 is 4.79 Å². The van der Waals surface area contributed by atoms with Crippen LogP contribution in [0.3, 0.4) is 0 Å². The fourth-order valence-electron chi connectivity index (χ4n) is 2.37. The maximum absolute atomic E-state index is 12.0. The lowest BCUT2D eigenvalue weighted by Gasteiger charge is -2.25. The summed E-state index contributed by atoms with van der Waals surface area (Å²) in [4.78, 5) is 12.0. The number of benzene rings is 1. The van der Waals surface area contributed by atoms with Crippen molar-refractivity contribution in [3.63, 3.8) is 0 Å². The van der Waals surface area contributed by atoms with E-state index in [1.165, 1.54) is 0 Å². The van der Waals surface area contributed by atoms with Gasteiger partial charge >= 0.3 is 0 Å². The first-order valence-corrected chi connectivity index (χ1v) is 7.29. The van der Waals surface area contributed by atoms with Gasteiger partial charge in [-0.25, -0.2) is 0 Å². The molecule has 0 atom stereocenters. The van der Waals surface area contributed by atoms with E-state index in [0.29, 0.717) is 16.6 Å². The number of hydrogen-bond acceptors (Lipinski definition) is 2. The molecule has 1 aromatic rings. The highest BCUT2D eigenvalue weighted by molar-refractivity contribution is 6.35. The second kappa shape index (κ2) is 6.60. The van der Waals surface area contributed by atoms with E-state index in [1.807, 2.05) is 6.07 Å². The van der Waals surface area contributed by atoms with Crippen molar-refractivity contribution in [2.24, 2.45) is 11.7 Å². The number of nitrogens with two attached hydrogens (primary N) is 1. The first-order chi connectivity index (χ1) is 9.06. The Balaban J connectivity index is 1.86. The van der Waals surface area contributed by atoms with E-state index in [-0.39, 0.29) is 17.9 Å². The van der Waals surface area contributed by atoms with Crippen molar-refractivity contribution in [1.29, 1.82) is 0 Å². The summed E-state index contributed by atoms with van der Waals surface area (Å²) in [6, 6.07) is 5.55. The lowest BCUT2D eigenvalue weighted by molar-refractivity contribution is -0.126. The van der Waals surface area contributed by atoms with Crippen LogP contribution in [0.5, 0.6) is 0 Å². The van der Waals surface area contributed by atoms with Crippen molar-refractivity contribution in [2.75, 3.05) is 0 Å². The van der Waals surface area contributed by atoms with Gasteiger partial charge in [-0.3, -0.25) is 4.79 Å². The Morgan fingerprint density at radius 1 is 1.26 bits per heavy atom. The molecule has 1 amide bonds. The van der Waals surface area contributed by atoms with Crippen LogP contribution in [-0.4, -0.2) is 11.9 Å². The summed E-state index contributed by atoms with van der Waals surface area (Å²) < 4.78 is 0. The van der Waals surface area contributed by atoms with Crippen molar-refractivity contribution in [2.45, 2.75) is 38.3 Å². The molecule has 0 spiro atoms. The Kier molecular flexibility index (Phi) is 5.08. The Morgan fingerprint density at radius 2 is 1.95 bits per heavy atom. The molecule has 0 bridgehead atoms. The first kappa shape index (κ1) is 14.6. The largest absolute Gasteiger partial charge is 0.352 e. The molecule has 0 aromatic heterocycles. The van der Waals surface area contributed by atoms with Crippen molar-refractivity contribution in [3.05, 3.63) is 33.8 Å². The fraction of sp³-hybridized carbons (Fsp3) is 0.500. The molecule has 1 aliphatic rings. The van der Waals surface area contributed by atoms with E-state index >= 15 is 0 Å². The van der Waals surface area contributed by atoms with Crippen LogP contribution in [0, 0.1) is 5.92 Å². The molecule has 0 radical (unpaired) electrons. The molecular formula is C14H18Cl2N2O. The molecule has 1 aromatic carbocycles. The second-order valence-corrected chi connectivity index (χ2v) is 5.91. The van der Waals surface area contributed by atoms with E-state index < -0.39 is 0 Å². The minimum atomic E-state index is 0.0888. The predicted octanol–water partition coefficient (Wildman–Crippen LogP) is 3.13. The first-order valence-electron chi connectivity index (χ1n) is 6.53. The van der Waals surface area contributed by atoms with Crippen LogP contribution >= 0.6 is 23.2 Å². The Labute approximate surface area is 123 Å². The average molecular weight is 301 g/mol. The van der Waals surface area contributed by atoms with Crippen LogP contribution in [0.15, 0.2) is 18.2 Å². The van der Waals surface area contributed by atoms with E-state index in [4.69, 9.17) is 28.9 Å². The third-order valence-corrected chi connectivity index (χ3v) is 4.20. The monoisotopic (exact) mass is 300 g/mol. The highest BCUT2D eigenvalue weighted by Crippen LogP contribution is 2.24. The number of rotatable bonds is 3. The minimum absolute atomic E-state index is 0.0888. The summed E-state index contributed by atoms with van der Waals surface area (Å²) in [5.41, 5.74) is 6.72. The molecule has 0 heterocycles. The van der Waals surface area contributed by atoms with Gasteiger partial charge in [0.15, 0.2) is 0 Å². The molecule has 1 fully saturated rings. The van der Waals surface area contributed by atoms with Crippen LogP contribution in [0.1, 0.15) is 31.2 Å². The van der Waals surface area contributed by atoms with E-state index in [2.05, 4.69) is 5.32 Å². The highest BCUT2D eigenvalue weighted by Gasteiger charge is 2.24. The normalized spacial score (nSPS) is 23.1. The third-order valence-electron chi connectivity index (χ3n) is 3.61. The fourth-order valence-corrected chi connectivity index (χ4v) is 2.85. The van der Waals surface area contributed by atoms with Gasteiger partial charge < -0.3 is 11.1 Å². The van der Waals surface area contributed by atoms with E-state index in [0.717, 1.165) is 31.2 Å². The zero-order valence-electron chi connectivity index (χ0n) is 10.7. The standard InChI is InChI=1S/C14H18Cl2N2O/c15-11-4-1-10(13(16)7-11)8-18-14(19)9-2-5-12(17)6-3-9/h1,4,7,9,12H,2-3,5-6,8,17H2,(H,18,19)/t9-,12+. The van der Waals surface area contributed by atoms with Gasteiger partial charge in [-0.15, -0.1) is 0 Å². The summed E-state index contributed by atoms with van der Waals surface area (Å²) in [7, 11) is 0. The summed E-state index contributed by atoms with van der Waals surface area (Å²) >= 11 is 11.9. The molecule has 3 nitrogen and oxygen atoms in total. The van der Waals surface area contributed by atoms with Gasteiger partial charge in [-0.2, -0.15) is 0 Å². The molecule has 0 aliphatic heterocycles. The molecule has 5 heteroatoms. The van der Waals surface area contributed by atoms with Gasteiger partial charge in [0.05, 0.1) is 0 Å². The van der Waals surface area contributed by atoms with Crippen molar-refractivity contribution >= 4 is 29.1 Å². The molecule has 0 unspecified atom stereocenters. The Hall–Kier alpha value is -0.770. The molecular weight excluding hydrogens is 283 g/mol. The Bertz CT molecular complexity index is 457. The molecule has 2 rings (SSSR count). The number of carbonyl (C=O) groups excluding carboxylic acids is 1. The lowest BCUT2D eigenvalue weighted by atomic mass is 9.86. The topological polar surface area (TPSA) is 55.1 Å². The smallest absolute Gasteiger partial charge is 0.223 e. The maximum Gasteiger partial charge on any atom is 0.223 e. The zero-order valence-corrected chi connectivity index (χ0v) is 12.2. The van der Waals surface area contributed by atoms with Crippen LogP contribution in [0.4, 0.5) is 0 Å². The SMILES string of the molecule is N[C@H]1CC[C@@H](C(=O)NCc2ccc(Cl)cc2Cl)CC1. The van der Waals surface area contributed by atoms with Crippen LogP contribution in [0.2, 0.25) is 10.0 Å². The van der Waals surface area contributed by atoms with Gasteiger partial charge in [0.1, 0.15) is 0 Å². The molecule has 3 N–H and O–H groups in total. The average Bonchev–Trinajstić information content (AvgIpc) is 2.38. The van der Waals surface area contributed by atoms with Crippen LogP contribution in [-0.2, 0) is 11.3 Å². The van der Waals surface area contributed by atoms with Crippen LogP contribution < -0.4 is 11.1 Å². The second-order valence-electron chi connectivity index (χ2n) is 5.07. The summed E-state index contributed by atoms with van der Waals surface area (Å²) in [6.45, 7) is 0.442. The zero-order chi connectivity index (χ0) is 13.8. The summed E-state index contributed by atoms with van der Waals surface area (Å²) in [6.07, 6.45) is 3.61. The van der Waals surface area contributed by atoms with Crippen molar-refractivity contribution in [1.82, 2.24) is 5.32 Å². The van der Waals surface area contributed by atoms with E-state index in [1.54, 1.807) is 12.1 Å². The number of hydrogen-bond donors (Lipinski definition) is 2. The summed E-state index contributed by atoms with van der Waals surface area (Å²) in [5, 5.41) is 4.12. The van der Waals surface area contributed by atoms with Gasteiger partial charge in [0.2, 0.25) is 5.91 Å².